The molecular weight excluding hydrogens is 288 g/mol. The second-order valence-corrected chi connectivity index (χ2v) is 6.84. The maximum absolute atomic E-state index is 12.7. The van der Waals surface area contributed by atoms with Crippen molar-refractivity contribution >= 4 is 11.7 Å². The average Bonchev–Trinajstić information content (AvgIpc) is 2.53. The van der Waals surface area contributed by atoms with Gasteiger partial charge in [-0.1, -0.05) is 6.07 Å². The molecule has 0 aromatic carbocycles. The standard InChI is InChI=1S/C18H24N4O/c1-14-6-3-8-16(20-14)22-11-4-7-15(12-22)21(2)17(23)18(13-19)9-5-10-18/h3,6,8,15H,4-5,7,9-12H2,1-2H3. The van der Waals surface area contributed by atoms with E-state index in [1.54, 1.807) is 0 Å². The molecule has 1 saturated carbocycles. The minimum atomic E-state index is -0.751. The highest BCUT2D eigenvalue weighted by Gasteiger charge is 2.47. The highest BCUT2D eigenvalue weighted by molar-refractivity contribution is 5.86. The highest BCUT2D eigenvalue weighted by atomic mass is 16.2. The van der Waals surface area contributed by atoms with Crippen LogP contribution in [-0.4, -0.2) is 42.0 Å². The van der Waals surface area contributed by atoms with Crippen LogP contribution in [0.2, 0.25) is 0 Å². The zero-order valence-corrected chi connectivity index (χ0v) is 14.0. The summed E-state index contributed by atoms with van der Waals surface area (Å²) in [5, 5.41) is 9.40. The number of aryl methyl sites for hydroxylation is 1. The Bertz CT molecular complexity index is 632. The third kappa shape index (κ3) is 2.90. The maximum atomic E-state index is 12.7. The number of hydrogen-bond donors (Lipinski definition) is 0. The van der Waals surface area contributed by atoms with Crippen molar-refractivity contribution in [2.45, 2.75) is 45.1 Å². The van der Waals surface area contributed by atoms with Crippen molar-refractivity contribution in [1.82, 2.24) is 9.88 Å². The zero-order chi connectivity index (χ0) is 16.4. The molecule has 0 N–H and O–H groups in total. The smallest absolute Gasteiger partial charge is 0.243 e. The molecule has 0 radical (unpaired) electrons. The van der Waals surface area contributed by atoms with Crippen molar-refractivity contribution in [3.63, 3.8) is 0 Å². The molecule has 1 unspecified atom stereocenters. The number of carbonyl (C=O) groups is 1. The van der Waals surface area contributed by atoms with E-state index < -0.39 is 5.41 Å². The van der Waals surface area contributed by atoms with E-state index in [1.165, 1.54) is 0 Å². The fraction of sp³-hybridized carbons (Fsp3) is 0.611. The van der Waals surface area contributed by atoms with E-state index in [0.717, 1.165) is 43.9 Å². The lowest BCUT2D eigenvalue weighted by atomic mass is 9.69. The van der Waals surface area contributed by atoms with Gasteiger partial charge in [-0.3, -0.25) is 4.79 Å². The molecule has 0 spiro atoms. The summed E-state index contributed by atoms with van der Waals surface area (Å²) in [7, 11) is 1.86. The summed E-state index contributed by atoms with van der Waals surface area (Å²) >= 11 is 0. The Labute approximate surface area is 137 Å². The second kappa shape index (κ2) is 6.19. The molecule has 5 nitrogen and oxygen atoms in total. The summed E-state index contributed by atoms with van der Waals surface area (Å²) in [4.78, 5) is 21.4. The normalized spacial score (nSPS) is 22.8. The molecular formula is C18H24N4O. The lowest BCUT2D eigenvalue weighted by Gasteiger charge is -2.43. The molecule has 23 heavy (non-hydrogen) atoms. The molecule has 2 heterocycles. The molecule has 1 amide bonds. The number of amides is 1. The van der Waals surface area contributed by atoms with Crippen molar-refractivity contribution in [3.8, 4) is 6.07 Å². The van der Waals surface area contributed by atoms with E-state index in [2.05, 4.69) is 16.0 Å². The number of likely N-dealkylation sites (N-methyl/N-ethyl adjacent to an activating group) is 1. The first-order valence-electron chi connectivity index (χ1n) is 8.43. The van der Waals surface area contributed by atoms with Crippen molar-refractivity contribution in [3.05, 3.63) is 23.9 Å². The summed E-state index contributed by atoms with van der Waals surface area (Å²) in [6, 6.07) is 8.47. The monoisotopic (exact) mass is 312 g/mol. The molecule has 1 aliphatic carbocycles. The van der Waals surface area contributed by atoms with Crippen molar-refractivity contribution in [2.24, 2.45) is 5.41 Å². The van der Waals surface area contributed by atoms with Gasteiger partial charge in [-0.15, -0.1) is 0 Å². The van der Waals surface area contributed by atoms with E-state index in [1.807, 2.05) is 37.1 Å². The zero-order valence-electron chi connectivity index (χ0n) is 14.0. The Morgan fingerprint density at radius 2 is 2.22 bits per heavy atom. The van der Waals surface area contributed by atoms with Gasteiger partial charge < -0.3 is 9.80 Å². The number of anilines is 1. The Morgan fingerprint density at radius 1 is 1.43 bits per heavy atom. The molecule has 3 rings (SSSR count). The number of nitriles is 1. The van der Waals surface area contributed by atoms with Crippen LogP contribution >= 0.6 is 0 Å². The van der Waals surface area contributed by atoms with Crippen LogP contribution in [0.4, 0.5) is 5.82 Å². The second-order valence-electron chi connectivity index (χ2n) is 6.84. The predicted octanol–water partition coefficient (Wildman–Crippen LogP) is 2.51. The van der Waals surface area contributed by atoms with Crippen LogP contribution in [0, 0.1) is 23.7 Å². The first-order valence-corrected chi connectivity index (χ1v) is 8.43. The van der Waals surface area contributed by atoms with Gasteiger partial charge in [-0.2, -0.15) is 5.26 Å². The summed E-state index contributed by atoms with van der Waals surface area (Å²) in [6.45, 7) is 3.76. The van der Waals surface area contributed by atoms with Gasteiger partial charge in [0, 0.05) is 31.9 Å². The van der Waals surface area contributed by atoms with Crippen LogP contribution < -0.4 is 4.90 Å². The summed E-state index contributed by atoms with van der Waals surface area (Å²) in [5.41, 5.74) is 0.255. The first-order chi connectivity index (χ1) is 11.1. The number of piperidine rings is 1. The molecule has 1 atom stereocenters. The lowest BCUT2D eigenvalue weighted by molar-refractivity contribution is -0.143. The van der Waals surface area contributed by atoms with E-state index in [-0.39, 0.29) is 11.9 Å². The summed E-state index contributed by atoms with van der Waals surface area (Å²) < 4.78 is 0. The molecule has 122 valence electrons. The molecule has 1 saturated heterocycles. The molecule has 2 fully saturated rings. The molecule has 5 heteroatoms. The van der Waals surface area contributed by atoms with Crippen molar-refractivity contribution in [1.29, 1.82) is 5.26 Å². The Hall–Kier alpha value is -2.09. The number of hydrogen-bond acceptors (Lipinski definition) is 4. The van der Waals surface area contributed by atoms with Crippen LogP contribution in [0.15, 0.2) is 18.2 Å². The van der Waals surface area contributed by atoms with Crippen LogP contribution in [-0.2, 0) is 4.79 Å². The fourth-order valence-electron chi connectivity index (χ4n) is 3.59. The van der Waals surface area contributed by atoms with Crippen LogP contribution in [0.25, 0.3) is 0 Å². The molecule has 0 bridgehead atoms. The SMILES string of the molecule is Cc1cccc(N2CCCC(N(C)C(=O)C3(C#N)CCC3)C2)n1. The average molecular weight is 312 g/mol. The predicted molar refractivity (Wildman–Crippen MR) is 88.9 cm³/mol. The van der Waals surface area contributed by atoms with Gasteiger partial charge in [-0.25, -0.2) is 4.98 Å². The third-order valence-electron chi connectivity index (χ3n) is 5.29. The van der Waals surface area contributed by atoms with Crippen molar-refractivity contribution in [2.75, 3.05) is 25.0 Å². The number of rotatable bonds is 3. The fourth-order valence-corrected chi connectivity index (χ4v) is 3.59. The molecule has 2 aliphatic rings. The van der Waals surface area contributed by atoms with Crippen LogP contribution in [0.1, 0.15) is 37.8 Å². The van der Waals surface area contributed by atoms with Gasteiger partial charge in [0.1, 0.15) is 11.2 Å². The van der Waals surface area contributed by atoms with E-state index >= 15 is 0 Å². The van der Waals surface area contributed by atoms with Gasteiger partial charge >= 0.3 is 0 Å². The lowest BCUT2D eigenvalue weighted by Crippen LogP contribution is -2.54. The molecule has 1 aliphatic heterocycles. The number of aromatic nitrogens is 1. The largest absolute Gasteiger partial charge is 0.355 e. The third-order valence-corrected chi connectivity index (χ3v) is 5.29. The van der Waals surface area contributed by atoms with Gasteiger partial charge in [0.25, 0.3) is 0 Å². The molecule has 1 aromatic heterocycles. The van der Waals surface area contributed by atoms with Crippen molar-refractivity contribution < 1.29 is 4.79 Å². The van der Waals surface area contributed by atoms with Gasteiger partial charge in [0.15, 0.2) is 0 Å². The summed E-state index contributed by atoms with van der Waals surface area (Å²) in [5.74, 6) is 0.990. The van der Waals surface area contributed by atoms with Gasteiger partial charge in [0.2, 0.25) is 5.91 Å². The van der Waals surface area contributed by atoms with Gasteiger partial charge in [0.05, 0.1) is 6.07 Å². The first kappa shape index (κ1) is 15.8. The van der Waals surface area contributed by atoms with Crippen LogP contribution in [0.5, 0.6) is 0 Å². The maximum Gasteiger partial charge on any atom is 0.243 e. The number of pyridine rings is 1. The number of carbonyl (C=O) groups excluding carboxylic acids is 1. The van der Waals surface area contributed by atoms with Crippen LogP contribution in [0.3, 0.4) is 0 Å². The topological polar surface area (TPSA) is 60.2 Å². The number of nitrogens with zero attached hydrogens (tertiary/aromatic N) is 4. The van der Waals surface area contributed by atoms with E-state index in [4.69, 9.17) is 0 Å². The summed E-state index contributed by atoms with van der Waals surface area (Å²) in [6.07, 6.45) is 4.44. The van der Waals surface area contributed by atoms with E-state index in [0.29, 0.717) is 12.8 Å². The quantitative estimate of drug-likeness (QED) is 0.860. The Balaban J connectivity index is 1.71. The Morgan fingerprint density at radius 3 is 2.83 bits per heavy atom. The van der Waals surface area contributed by atoms with E-state index in [9.17, 15) is 10.1 Å². The van der Waals surface area contributed by atoms with Gasteiger partial charge in [-0.05, 0) is 51.2 Å². The minimum Gasteiger partial charge on any atom is -0.355 e. The Kier molecular flexibility index (Phi) is 4.25. The minimum absolute atomic E-state index is 0.00954. The highest BCUT2D eigenvalue weighted by Crippen LogP contribution is 2.42. The molecule has 1 aromatic rings.